The first kappa shape index (κ1) is 15.8. The molecule has 0 saturated heterocycles. The van der Waals surface area contributed by atoms with E-state index in [2.05, 4.69) is 18.7 Å². The van der Waals surface area contributed by atoms with E-state index in [1.54, 1.807) is 12.1 Å². The molecule has 0 aromatic heterocycles. The molecule has 0 unspecified atom stereocenters. The van der Waals surface area contributed by atoms with Crippen molar-refractivity contribution in [2.75, 3.05) is 0 Å². The van der Waals surface area contributed by atoms with Gasteiger partial charge in [0.25, 0.3) is 0 Å². The quantitative estimate of drug-likeness (QED) is 0.839. The van der Waals surface area contributed by atoms with Crippen molar-refractivity contribution in [3.8, 4) is 11.5 Å². The molecule has 1 heterocycles. The lowest BCUT2D eigenvalue weighted by molar-refractivity contribution is 0.109. The molecule has 0 amide bonds. The molecule has 122 valence electrons. The number of nitrogens with zero attached hydrogens (tertiary/aromatic N) is 1. The molecule has 0 saturated carbocycles. The fraction of sp³-hybridized carbons (Fsp3) is 0.368. The summed E-state index contributed by atoms with van der Waals surface area (Å²) in [5.41, 5.74) is 2.78. The highest BCUT2D eigenvalue weighted by Gasteiger charge is 2.32. The van der Waals surface area contributed by atoms with E-state index in [1.807, 2.05) is 12.1 Å². The number of aryl methyl sites for hydroxylation is 1. The zero-order valence-corrected chi connectivity index (χ0v) is 13.5. The topological polar surface area (TPSA) is 43.7 Å². The maximum absolute atomic E-state index is 13.9. The maximum atomic E-state index is 13.9. The number of rotatable bonds is 4. The average Bonchev–Trinajstić information content (AvgIpc) is 2.95. The van der Waals surface area contributed by atoms with E-state index in [1.165, 1.54) is 12.1 Å². The van der Waals surface area contributed by atoms with Gasteiger partial charge in [-0.05, 0) is 56.0 Å². The lowest BCUT2D eigenvalue weighted by atomic mass is 9.93. The average molecular weight is 315 g/mol. The Morgan fingerprint density at radius 3 is 2.57 bits per heavy atom. The van der Waals surface area contributed by atoms with Gasteiger partial charge in [-0.25, -0.2) is 4.39 Å². The minimum atomic E-state index is -0.121. The minimum Gasteiger partial charge on any atom is -0.504 e. The van der Waals surface area contributed by atoms with E-state index < -0.39 is 0 Å². The Morgan fingerprint density at radius 1 is 1.09 bits per heavy atom. The van der Waals surface area contributed by atoms with Crippen LogP contribution in [0.15, 0.2) is 36.4 Å². The Bertz CT molecular complexity index is 727. The number of fused-ring (bicyclic) bond motifs is 1. The molecular formula is C19H22FNO2. The number of phenolic OH excluding ortho intramolecular Hbond substituents is 2. The highest BCUT2D eigenvalue weighted by atomic mass is 19.1. The van der Waals surface area contributed by atoms with E-state index >= 15 is 0 Å². The van der Waals surface area contributed by atoms with E-state index in [9.17, 15) is 14.6 Å². The molecule has 2 aromatic carbocycles. The molecule has 2 N–H and O–H groups in total. The molecule has 0 fully saturated rings. The Kier molecular flexibility index (Phi) is 4.02. The summed E-state index contributed by atoms with van der Waals surface area (Å²) in [6, 6.07) is 10.2. The molecular weight excluding hydrogens is 293 g/mol. The monoisotopic (exact) mass is 315 g/mol. The van der Waals surface area contributed by atoms with Gasteiger partial charge >= 0.3 is 0 Å². The first-order chi connectivity index (χ1) is 10.9. The Balaban J connectivity index is 1.68. The van der Waals surface area contributed by atoms with Crippen LogP contribution in [0.1, 0.15) is 37.0 Å². The summed E-state index contributed by atoms with van der Waals surface area (Å²) >= 11 is 0. The molecule has 0 spiro atoms. The third-order valence-corrected chi connectivity index (χ3v) is 4.85. The minimum absolute atomic E-state index is 0.0844. The number of hydrogen-bond donors (Lipinski definition) is 2. The van der Waals surface area contributed by atoms with Gasteiger partial charge in [-0.2, -0.15) is 0 Å². The van der Waals surface area contributed by atoms with Crippen molar-refractivity contribution in [2.24, 2.45) is 0 Å². The summed E-state index contributed by atoms with van der Waals surface area (Å²) in [5.74, 6) is -0.307. The van der Waals surface area contributed by atoms with Gasteiger partial charge in [0, 0.05) is 24.2 Å². The van der Waals surface area contributed by atoms with Crippen LogP contribution in [0.4, 0.5) is 4.39 Å². The van der Waals surface area contributed by atoms with Crippen molar-refractivity contribution in [3.05, 3.63) is 58.9 Å². The zero-order valence-electron chi connectivity index (χ0n) is 13.5. The molecule has 0 aliphatic carbocycles. The molecule has 3 nitrogen and oxygen atoms in total. The zero-order chi connectivity index (χ0) is 16.6. The van der Waals surface area contributed by atoms with Crippen LogP contribution < -0.4 is 0 Å². The lowest BCUT2D eigenvalue weighted by Crippen LogP contribution is -2.40. The standard InChI is InChI=1S/C19H22FNO2/c1-19(2,9-8-13-6-7-17(22)18(23)10-13)21-11-14-4-3-5-16(20)15(14)12-21/h3-7,10,22-23H,8-9,11-12H2,1-2H3. The summed E-state index contributed by atoms with van der Waals surface area (Å²) < 4.78 is 13.9. The smallest absolute Gasteiger partial charge is 0.157 e. The molecule has 4 heteroatoms. The van der Waals surface area contributed by atoms with E-state index in [4.69, 9.17) is 0 Å². The van der Waals surface area contributed by atoms with Crippen molar-refractivity contribution in [1.29, 1.82) is 0 Å². The van der Waals surface area contributed by atoms with Gasteiger partial charge in [-0.3, -0.25) is 4.90 Å². The summed E-state index contributed by atoms with van der Waals surface area (Å²) in [6.07, 6.45) is 1.67. The first-order valence-corrected chi connectivity index (χ1v) is 7.89. The van der Waals surface area contributed by atoms with Gasteiger partial charge in [0.15, 0.2) is 11.5 Å². The van der Waals surface area contributed by atoms with Crippen molar-refractivity contribution in [2.45, 2.75) is 45.3 Å². The van der Waals surface area contributed by atoms with Crippen LogP contribution in [-0.4, -0.2) is 20.7 Å². The van der Waals surface area contributed by atoms with Gasteiger partial charge in [0.2, 0.25) is 0 Å². The van der Waals surface area contributed by atoms with Gasteiger partial charge in [-0.1, -0.05) is 18.2 Å². The molecule has 3 rings (SSSR count). The summed E-state index contributed by atoms with van der Waals surface area (Å²) in [6.45, 7) is 5.73. The second kappa shape index (κ2) is 5.85. The fourth-order valence-corrected chi connectivity index (χ4v) is 3.14. The Hall–Kier alpha value is -2.07. The second-order valence-electron chi connectivity index (χ2n) is 6.87. The number of benzene rings is 2. The van der Waals surface area contributed by atoms with Gasteiger partial charge in [0.05, 0.1) is 0 Å². The first-order valence-electron chi connectivity index (χ1n) is 7.89. The second-order valence-corrected chi connectivity index (χ2v) is 6.87. The molecule has 0 radical (unpaired) electrons. The number of hydrogen-bond acceptors (Lipinski definition) is 3. The van der Waals surface area contributed by atoms with Crippen LogP contribution in [-0.2, 0) is 19.5 Å². The van der Waals surface area contributed by atoms with Crippen molar-refractivity contribution >= 4 is 0 Å². The predicted molar refractivity (Wildman–Crippen MR) is 87.8 cm³/mol. The van der Waals surface area contributed by atoms with Crippen LogP contribution in [0.25, 0.3) is 0 Å². The van der Waals surface area contributed by atoms with Gasteiger partial charge in [-0.15, -0.1) is 0 Å². The van der Waals surface area contributed by atoms with Gasteiger partial charge in [0.1, 0.15) is 5.82 Å². The Morgan fingerprint density at radius 2 is 1.87 bits per heavy atom. The van der Waals surface area contributed by atoms with Crippen LogP contribution in [0.2, 0.25) is 0 Å². The van der Waals surface area contributed by atoms with E-state index in [0.29, 0.717) is 6.54 Å². The molecule has 23 heavy (non-hydrogen) atoms. The Labute approximate surface area is 136 Å². The van der Waals surface area contributed by atoms with Gasteiger partial charge < -0.3 is 10.2 Å². The molecule has 0 bridgehead atoms. The fourth-order valence-electron chi connectivity index (χ4n) is 3.14. The van der Waals surface area contributed by atoms with Crippen LogP contribution in [0, 0.1) is 5.82 Å². The summed E-state index contributed by atoms with van der Waals surface area (Å²) in [5, 5.41) is 19.0. The molecule has 0 atom stereocenters. The summed E-state index contributed by atoms with van der Waals surface area (Å²) in [4.78, 5) is 2.29. The predicted octanol–water partition coefficient (Wildman–Crippen LogP) is 3.96. The van der Waals surface area contributed by atoms with Crippen LogP contribution >= 0.6 is 0 Å². The van der Waals surface area contributed by atoms with E-state index in [0.717, 1.165) is 36.1 Å². The maximum Gasteiger partial charge on any atom is 0.157 e. The number of phenols is 2. The van der Waals surface area contributed by atoms with Crippen molar-refractivity contribution in [3.63, 3.8) is 0 Å². The SMILES string of the molecule is CC(C)(CCc1ccc(O)c(O)c1)N1Cc2cccc(F)c2C1. The largest absolute Gasteiger partial charge is 0.504 e. The number of aromatic hydroxyl groups is 2. The molecule has 1 aliphatic heterocycles. The summed E-state index contributed by atoms with van der Waals surface area (Å²) in [7, 11) is 0. The highest BCUT2D eigenvalue weighted by Crippen LogP contribution is 2.34. The van der Waals surface area contributed by atoms with E-state index in [-0.39, 0.29) is 22.9 Å². The van der Waals surface area contributed by atoms with Crippen molar-refractivity contribution in [1.82, 2.24) is 4.90 Å². The third-order valence-electron chi connectivity index (χ3n) is 4.85. The van der Waals surface area contributed by atoms with Crippen molar-refractivity contribution < 1.29 is 14.6 Å². The highest BCUT2D eigenvalue weighted by molar-refractivity contribution is 5.40. The van der Waals surface area contributed by atoms with Crippen LogP contribution in [0.3, 0.4) is 0 Å². The molecule has 1 aliphatic rings. The molecule has 2 aromatic rings. The number of halogens is 1. The third kappa shape index (κ3) is 3.17. The lowest BCUT2D eigenvalue weighted by Gasteiger charge is -2.35. The van der Waals surface area contributed by atoms with Crippen LogP contribution in [0.5, 0.6) is 11.5 Å². The normalized spacial score (nSPS) is 14.9.